The average Bonchev–Trinajstić information content (AvgIpc) is 3.57. The third-order valence-corrected chi connectivity index (χ3v) is 6.09. The quantitative estimate of drug-likeness (QED) is 0.524. The van der Waals surface area contributed by atoms with Crippen LogP contribution in [0.15, 0.2) is 15.9 Å². The highest BCUT2D eigenvalue weighted by Gasteiger charge is 2.48. The molecule has 4 heterocycles. The van der Waals surface area contributed by atoms with E-state index in [1.54, 1.807) is 0 Å². The van der Waals surface area contributed by atoms with E-state index >= 15 is 0 Å². The van der Waals surface area contributed by atoms with Gasteiger partial charge < -0.3 is 19.3 Å². The minimum absolute atomic E-state index is 0.0282. The molecule has 1 saturated heterocycles. The van der Waals surface area contributed by atoms with Crippen LogP contribution in [0.5, 0.6) is 0 Å². The van der Waals surface area contributed by atoms with Gasteiger partial charge in [-0.2, -0.15) is 18.2 Å². The Kier molecular flexibility index (Phi) is 4.91. The Bertz CT molecular complexity index is 974. The molecule has 9 nitrogen and oxygen atoms in total. The maximum atomic E-state index is 13.9. The number of rotatable bonds is 1. The van der Waals surface area contributed by atoms with Crippen molar-refractivity contribution in [2.45, 2.75) is 44.1 Å². The van der Waals surface area contributed by atoms with Crippen LogP contribution in [0.2, 0.25) is 0 Å². The van der Waals surface area contributed by atoms with Gasteiger partial charge in [-0.3, -0.25) is 14.8 Å². The smallest absolute Gasteiger partial charge is 0.408 e. The monoisotopic (exact) mass is 440 g/mol. The summed E-state index contributed by atoms with van der Waals surface area (Å²) in [5.41, 5.74) is -0.387. The summed E-state index contributed by atoms with van der Waals surface area (Å²) in [7, 11) is 0. The van der Waals surface area contributed by atoms with E-state index in [-0.39, 0.29) is 61.3 Å². The number of morpholine rings is 1. The molecule has 0 unspecified atom stereocenters. The van der Waals surface area contributed by atoms with Gasteiger partial charge in [0, 0.05) is 25.1 Å². The van der Waals surface area contributed by atoms with Gasteiger partial charge in [0.25, 0.3) is 5.56 Å². The number of anilines is 2. The molecule has 12 heteroatoms. The summed E-state index contributed by atoms with van der Waals surface area (Å²) in [6.45, 7) is 0.919. The summed E-state index contributed by atoms with van der Waals surface area (Å²) in [6.07, 6.45) is -3.10. The van der Waals surface area contributed by atoms with Crippen molar-refractivity contribution in [3.05, 3.63) is 16.4 Å². The third-order valence-electron chi connectivity index (χ3n) is 6.09. The van der Waals surface area contributed by atoms with Gasteiger partial charge in [-0.05, 0) is 19.3 Å². The number of amidine groups is 1. The number of hydrogen-bond acceptors (Lipinski definition) is 7. The molecule has 0 aromatic carbocycles. The van der Waals surface area contributed by atoms with Crippen LogP contribution < -0.4 is 15.4 Å². The van der Waals surface area contributed by atoms with Crippen molar-refractivity contribution in [1.82, 2.24) is 9.55 Å². The average molecular weight is 440 g/mol. The molecule has 2 fully saturated rings. The first kappa shape index (κ1) is 20.3. The highest BCUT2D eigenvalue weighted by atomic mass is 19.4. The van der Waals surface area contributed by atoms with Crippen molar-refractivity contribution < 1.29 is 22.6 Å². The van der Waals surface area contributed by atoms with Crippen LogP contribution in [0.4, 0.5) is 24.9 Å². The van der Waals surface area contributed by atoms with Gasteiger partial charge in [0.05, 0.1) is 25.8 Å². The fourth-order valence-electron chi connectivity index (χ4n) is 4.25. The molecule has 1 aromatic heterocycles. The molecule has 3 aliphatic heterocycles. The van der Waals surface area contributed by atoms with Crippen molar-refractivity contribution >= 4 is 23.5 Å². The first-order valence-corrected chi connectivity index (χ1v) is 10.4. The molecular weight excluding hydrogens is 417 g/mol. The van der Waals surface area contributed by atoms with Crippen LogP contribution >= 0.6 is 0 Å². The third kappa shape index (κ3) is 3.88. The molecule has 4 aliphatic rings. The van der Waals surface area contributed by atoms with Crippen molar-refractivity contribution in [3.8, 4) is 0 Å². The van der Waals surface area contributed by atoms with Gasteiger partial charge >= 0.3 is 6.18 Å². The molecule has 168 valence electrons. The lowest BCUT2D eigenvalue weighted by Crippen LogP contribution is -2.56. The Morgan fingerprint density at radius 3 is 2.74 bits per heavy atom. The second-order valence-corrected chi connectivity index (χ2v) is 8.28. The molecule has 1 aromatic rings. The highest BCUT2D eigenvalue weighted by molar-refractivity contribution is 5.96. The van der Waals surface area contributed by atoms with Crippen molar-refractivity contribution in [2.75, 3.05) is 42.7 Å². The Hall–Kier alpha value is -2.63. The van der Waals surface area contributed by atoms with Crippen LogP contribution in [-0.4, -0.2) is 72.5 Å². The second kappa shape index (κ2) is 7.50. The van der Waals surface area contributed by atoms with Gasteiger partial charge in [-0.25, -0.2) is 4.99 Å². The molecule has 2 atom stereocenters. The van der Waals surface area contributed by atoms with E-state index in [1.165, 1.54) is 10.6 Å². The molecular formula is C19H23F3N6O3. The molecule has 0 spiro atoms. The molecule has 1 N–H and O–H groups in total. The summed E-state index contributed by atoms with van der Waals surface area (Å²) in [4.78, 5) is 24.4. The molecule has 5 rings (SSSR count). The minimum atomic E-state index is -4.51. The number of hydrogen-bond donors (Lipinski definition) is 1. The summed E-state index contributed by atoms with van der Waals surface area (Å²) in [5.74, 6) is 0.458. The number of nitrogens with one attached hydrogen (secondary N) is 1. The molecule has 0 amide bonds. The fourth-order valence-corrected chi connectivity index (χ4v) is 4.25. The van der Waals surface area contributed by atoms with Crippen LogP contribution in [-0.2, 0) is 16.0 Å². The first-order chi connectivity index (χ1) is 14.8. The predicted molar refractivity (Wildman–Crippen MR) is 106 cm³/mol. The number of fused-ring (bicyclic) bond motifs is 3. The standard InChI is InChI=1S/C19H23F3N6O3/c20-19(21,22)13-3-4-27-16(29)7-14-24-18(27)28(13)8-15(25-17(23)11-1-2-11)31-10-12-9-30-6-5-26(12)14/h7,11-13,23H,1-6,8-10H2/b23-17?,25-15-/t12-,13-/m0/s1. The number of halogens is 3. The lowest BCUT2D eigenvalue weighted by Gasteiger charge is -2.42. The zero-order valence-corrected chi connectivity index (χ0v) is 16.8. The lowest BCUT2D eigenvalue weighted by molar-refractivity contribution is -0.152. The Balaban J connectivity index is 1.63. The number of nitrogens with zero attached hydrogens (tertiary/aromatic N) is 5. The number of aliphatic imine (C=N–C) groups is 1. The van der Waals surface area contributed by atoms with Crippen molar-refractivity contribution in [1.29, 1.82) is 5.41 Å². The van der Waals surface area contributed by atoms with Gasteiger partial charge in [-0.1, -0.05) is 0 Å². The SMILES string of the molecule is N=C(/N=C1/CN2c3nc(cc(=O)n3CC[C@H]2C(F)(F)F)N2CCOC[C@H]2CO1)C1CC1. The lowest BCUT2D eigenvalue weighted by atomic mass is 10.1. The summed E-state index contributed by atoms with van der Waals surface area (Å²) < 4.78 is 54.4. The maximum absolute atomic E-state index is 13.9. The molecule has 1 aliphatic carbocycles. The van der Waals surface area contributed by atoms with Crippen LogP contribution in [0.25, 0.3) is 0 Å². The van der Waals surface area contributed by atoms with E-state index in [9.17, 15) is 18.0 Å². The summed E-state index contributed by atoms with van der Waals surface area (Å²) >= 11 is 0. The van der Waals surface area contributed by atoms with Crippen LogP contribution in [0, 0.1) is 11.3 Å². The van der Waals surface area contributed by atoms with E-state index in [0.717, 1.165) is 17.7 Å². The van der Waals surface area contributed by atoms with E-state index < -0.39 is 12.2 Å². The molecule has 0 radical (unpaired) electrons. The summed E-state index contributed by atoms with van der Waals surface area (Å²) in [6, 6.07) is -0.719. The zero-order chi connectivity index (χ0) is 21.8. The largest absolute Gasteiger partial charge is 0.477 e. The Morgan fingerprint density at radius 2 is 2.00 bits per heavy atom. The van der Waals surface area contributed by atoms with Gasteiger partial charge in [0.15, 0.2) is 0 Å². The molecule has 1 saturated carbocycles. The topological polar surface area (TPSA) is 96.0 Å². The van der Waals surface area contributed by atoms with E-state index in [0.29, 0.717) is 25.6 Å². The van der Waals surface area contributed by atoms with E-state index in [4.69, 9.17) is 14.9 Å². The van der Waals surface area contributed by atoms with Gasteiger partial charge in [0.1, 0.15) is 24.3 Å². The van der Waals surface area contributed by atoms with Crippen molar-refractivity contribution in [3.63, 3.8) is 0 Å². The predicted octanol–water partition coefficient (Wildman–Crippen LogP) is 1.41. The normalized spacial score (nSPS) is 27.5. The zero-order valence-electron chi connectivity index (χ0n) is 16.8. The van der Waals surface area contributed by atoms with Crippen LogP contribution in [0.3, 0.4) is 0 Å². The summed E-state index contributed by atoms with van der Waals surface area (Å²) in [5, 5.41) is 8.12. The maximum Gasteiger partial charge on any atom is 0.408 e. The number of ether oxygens (including phenoxy) is 2. The first-order valence-electron chi connectivity index (χ1n) is 10.4. The number of alkyl halides is 3. The number of aromatic nitrogens is 2. The second-order valence-electron chi connectivity index (χ2n) is 8.28. The molecule has 2 bridgehead atoms. The van der Waals surface area contributed by atoms with Gasteiger partial charge in [0.2, 0.25) is 11.8 Å². The fraction of sp³-hybridized carbons (Fsp3) is 0.684. The molecule has 31 heavy (non-hydrogen) atoms. The van der Waals surface area contributed by atoms with E-state index in [2.05, 4.69) is 9.98 Å². The Labute approximate surface area is 176 Å². The Morgan fingerprint density at radius 1 is 1.19 bits per heavy atom. The highest BCUT2D eigenvalue weighted by Crippen LogP contribution is 2.35. The van der Waals surface area contributed by atoms with Crippen molar-refractivity contribution in [2.24, 2.45) is 10.9 Å². The van der Waals surface area contributed by atoms with Gasteiger partial charge in [-0.15, -0.1) is 0 Å². The van der Waals surface area contributed by atoms with E-state index in [1.807, 2.05) is 4.90 Å². The minimum Gasteiger partial charge on any atom is -0.477 e. The van der Waals surface area contributed by atoms with Crippen LogP contribution in [0.1, 0.15) is 19.3 Å².